The molecule has 2 nitrogen and oxygen atoms in total. The van der Waals surface area contributed by atoms with Gasteiger partial charge in [0.25, 0.3) is 0 Å². The number of hydrogen-bond donors (Lipinski definition) is 1. The molecule has 0 aliphatic carbocycles. The molecule has 0 saturated heterocycles. The average Bonchev–Trinajstić information content (AvgIpc) is 2.19. The summed E-state index contributed by atoms with van der Waals surface area (Å²) in [5.74, 6) is 1.50. The van der Waals surface area contributed by atoms with Crippen LogP contribution in [0.3, 0.4) is 0 Å². The summed E-state index contributed by atoms with van der Waals surface area (Å²) in [6.07, 6.45) is 0. The molecule has 1 aromatic carbocycles. The molecule has 15 heavy (non-hydrogen) atoms. The summed E-state index contributed by atoms with van der Waals surface area (Å²) in [5, 5.41) is 4.08. The lowest BCUT2D eigenvalue weighted by Crippen LogP contribution is -2.19. The quantitative estimate of drug-likeness (QED) is 0.835. The van der Waals surface area contributed by atoms with E-state index in [2.05, 4.69) is 19.2 Å². The van der Waals surface area contributed by atoms with Crippen molar-refractivity contribution in [1.82, 2.24) is 5.32 Å². The van der Waals surface area contributed by atoms with Crippen molar-refractivity contribution in [3.63, 3.8) is 0 Å². The zero-order chi connectivity index (χ0) is 11.3. The van der Waals surface area contributed by atoms with Crippen molar-refractivity contribution in [2.24, 2.45) is 5.92 Å². The average molecular weight is 228 g/mol. The van der Waals surface area contributed by atoms with E-state index in [0.717, 1.165) is 24.4 Å². The van der Waals surface area contributed by atoms with Crippen molar-refractivity contribution in [3.05, 3.63) is 28.8 Å². The van der Waals surface area contributed by atoms with Gasteiger partial charge in [-0.05, 0) is 24.6 Å². The van der Waals surface area contributed by atoms with Crippen molar-refractivity contribution in [2.75, 3.05) is 13.7 Å². The topological polar surface area (TPSA) is 21.3 Å². The molecular weight excluding hydrogens is 210 g/mol. The van der Waals surface area contributed by atoms with Gasteiger partial charge in [-0.3, -0.25) is 0 Å². The van der Waals surface area contributed by atoms with Crippen LogP contribution in [0.2, 0.25) is 5.02 Å². The van der Waals surface area contributed by atoms with Crippen molar-refractivity contribution in [3.8, 4) is 5.75 Å². The van der Waals surface area contributed by atoms with Gasteiger partial charge in [0, 0.05) is 17.1 Å². The molecule has 0 spiro atoms. The predicted molar refractivity (Wildman–Crippen MR) is 64.5 cm³/mol. The molecule has 84 valence electrons. The number of halogens is 1. The Balaban J connectivity index is 2.60. The van der Waals surface area contributed by atoms with E-state index in [9.17, 15) is 0 Å². The van der Waals surface area contributed by atoms with Gasteiger partial charge in [0.15, 0.2) is 0 Å². The second kappa shape index (κ2) is 5.99. The van der Waals surface area contributed by atoms with Crippen LogP contribution in [0.25, 0.3) is 0 Å². The summed E-state index contributed by atoms with van der Waals surface area (Å²) < 4.78 is 5.26. The molecule has 0 amide bonds. The Hall–Kier alpha value is -0.730. The van der Waals surface area contributed by atoms with E-state index in [1.54, 1.807) is 7.11 Å². The van der Waals surface area contributed by atoms with Crippen LogP contribution in [0.4, 0.5) is 0 Å². The van der Waals surface area contributed by atoms with Gasteiger partial charge in [0.2, 0.25) is 0 Å². The van der Waals surface area contributed by atoms with Gasteiger partial charge in [-0.2, -0.15) is 0 Å². The first kappa shape index (κ1) is 12.3. The molecule has 0 radical (unpaired) electrons. The van der Waals surface area contributed by atoms with Crippen LogP contribution in [-0.4, -0.2) is 13.7 Å². The molecule has 0 bridgehead atoms. The van der Waals surface area contributed by atoms with Gasteiger partial charge in [-0.1, -0.05) is 31.5 Å². The Morgan fingerprint density at radius 3 is 2.73 bits per heavy atom. The van der Waals surface area contributed by atoms with E-state index in [-0.39, 0.29) is 0 Å². The minimum atomic E-state index is 0.656. The maximum absolute atomic E-state index is 5.88. The van der Waals surface area contributed by atoms with Gasteiger partial charge in [-0.25, -0.2) is 0 Å². The third-order valence-electron chi connectivity index (χ3n) is 2.12. The first-order valence-electron chi connectivity index (χ1n) is 5.16. The van der Waals surface area contributed by atoms with Gasteiger partial charge in [-0.15, -0.1) is 0 Å². The van der Waals surface area contributed by atoms with Gasteiger partial charge in [0.1, 0.15) is 5.75 Å². The normalized spacial score (nSPS) is 10.7. The van der Waals surface area contributed by atoms with Crippen molar-refractivity contribution in [2.45, 2.75) is 20.4 Å². The van der Waals surface area contributed by atoms with E-state index in [1.807, 2.05) is 18.2 Å². The monoisotopic (exact) mass is 227 g/mol. The van der Waals surface area contributed by atoms with Crippen LogP contribution in [-0.2, 0) is 6.54 Å². The van der Waals surface area contributed by atoms with Crippen LogP contribution >= 0.6 is 11.6 Å². The van der Waals surface area contributed by atoms with Crippen LogP contribution in [0, 0.1) is 5.92 Å². The van der Waals surface area contributed by atoms with Crippen LogP contribution in [0.1, 0.15) is 19.4 Å². The fourth-order valence-corrected chi connectivity index (χ4v) is 1.52. The highest BCUT2D eigenvalue weighted by molar-refractivity contribution is 6.30. The van der Waals surface area contributed by atoms with Gasteiger partial charge in [0.05, 0.1) is 7.11 Å². The Bertz CT molecular complexity index is 312. The summed E-state index contributed by atoms with van der Waals surface area (Å²) in [6, 6.07) is 5.72. The molecule has 0 aliphatic heterocycles. The largest absolute Gasteiger partial charge is 0.496 e. The fourth-order valence-electron chi connectivity index (χ4n) is 1.36. The van der Waals surface area contributed by atoms with Crippen molar-refractivity contribution >= 4 is 11.6 Å². The maximum Gasteiger partial charge on any atom is 0.124 e. The molecule has 3 heteroatoms. The molecule has 0 atom stereocenters. The number of rotatable bonds is 5. The summed E-state index contributed by atoms with van der Waals surface area (Å²) in [4.78, 5) is 0. The first-order chi connectivity index (χ1) is 7.13. The van der Waals surface area contributed by atoms with E-state index >= 15 is 0 Å². The molecule has 0 aliphatic rings. The minimum absolute atomic E-state index is 0.656. The molecule has 0 fully saturated rings. The van der Waals surface area contributed by atoms with E-state index in [0.29, 0.717) is 10.9 Å². The van der Waals surface area contributed by atoms with Crippen LogP contribution < -0.4 is 10.1 Å². The van der Waals surface area contributed by atoms with E-state index in [4.69, 9.17) is 16.3 Å². The summed E-state index contributed by atoms with van der Waals surface area (Å²) in [5.41, 5.74) is 1.14. The predicted octanol–water partition coefficient (Wildman–Crippen LogP) is 3.09. The summed E-state index contributed by atoms with van der Waals surface area (Å²) in [6.45, 7) is 6.20. The van der Waals surface area contributed by atoms with E-state index < -0.39 is 0 Å². The van der Waals surface area contributed by atoms with E-state index in [1.165, 1.54) is 0 Å². The molecule has 1 rings (SSSR count). The highest BCUT2D eigenvalue weighted by Gasteiger charge is 2.03. The molecular formula is C12H18ClNO. The number of ether oxygens (including phenoxy) is 1. The first-order valence-corrected chi connectivity index (χ1v) is 5.54. The zero-order valence-corrected chi connectivity index (χ0v) is 10.3. The smallest absolute Gasteiger partial charge is 0.124 e. The third kappa shape index (κ3) is 4.10. The van der Waals surface area contributed by atoms with Crippen LogP contribution in [0.15, 0.2) is 18.2 Å². The Morgan fingerprint density at radius 2 is 2.13 bits per heavy atom. The standard InChI is InChI=1S/C12H18ClNO/c1-9(2)7-14-8-10-4-5-11(13)6-12(10)15-3/h4-6,9,14H,7-8H2,1-3H3. The lowest BCUT2D eigenvalue weighted by atomic mass is 10.2. The second-order valence-electron chi connectivity index (χ2n) is 3.98. The number of benzene rings is 1. The second-order valence-corrected chi connectivity index (χ2v) is 4.42. The van der Waals surface area contributed by atoms with Crippen molar-refractivity contribution < 1.29 is 4.74 Å². The van der Waals surface area contributed by atoms with Crippen LogP contribution in [0.5, 0.6) is 5.75 Å². The Morgan fingerprint density at radius 1 is 1.40 bits per heavy atom. The minimum Gasteiger partial charge on any atom is -0.496 e. The molecule has 0 aromatic heterocycles. The molecule has 0 unspecified atom stereocenters. The summed E-state index contributed by atoms with van der Waals surface area (Å²) >= 11 is 5.88. The van der Waals surface area contributed by atoms with Gasteiger partial charge < -0.3 is 10.1 Å². The SMILES string of the molecule is COc1cc(Cl)ccc1CNCC(C)C. The number of methoxy groups -OCH3 is 1. The maximum atomic E-state index is 5.88. The van der Waals surface area contributed by atoms with Crippen molar-refractivity contribution in [1.29, 1.82) is 0 Å². The molecule has 0 heterocycles. The lowest BCUT2D eigenvalue weighted by Gasteiger charge is -2.11. The zero-order valence-electron chi connectivity index (χ0n) is 9.51. The molecule has 0 saturated carbocycles. The third-order valence-corrected chi connectivity index (χ3v) is 2.35. The lowest BCUT2D eigenvalue weighted by molar-refractivity contribution is 0.406. The van der Waals surface area contributed by atoms with Gasteiger partial charge >= 0.3 is 0 Å². The number of hydrogen-bond acceptors (Lipinski definition) is 2. The number of nitrogens with one attached hydrogen (secondary N) is 1. The highest BCUT2D eigenvalue weighted by Crippen LogP contribution is 2.22. The molecule has 1 N–H and O–H groups in total. The molecule has 1 aromatic rings. The Labute approximate surface area is 96.6 Å². The highest BCUT2D eigenvalue weighted by atomic mass is 35.5. The summed E-state index contributed by atoms with van der Waals surface area (Å²) in [7, 11) is 1.66. The Kier molecular flexibility index (Phi) is 4.92. The fraction of sp³-hybridized carbons (Fsp3) is 0.500.